The third kappa shape index (κ3) is 4.55. The van der Waals surface area contributed by atoms with Gasteiger partial charge in [0.05, 0.1) is 12.8 Å². The molecule has 146 valence electrons. The number of amides is 1. The second kappa shape index (κ2) is 8.50. The summed E-state index contributed by atoms with van der Waals surface area (Å²) in [6.45, 7) is 3.95. The molecule has 0 atom stereocenters. The van der Waals surface area contributed by atoms with E-state index < -0.39 is 0 Å². The van der Waals surface area contributed by atoms with Crippen molar-refractivity contribution >= 4 is 17.5 Å². The van der Waals surface area contributed by atoms with Crippen molar-refractivity contribution in [3.63, 3.8) is 0 Å². The van der Waals surface area contributed by atoms with Crippen LogP contribution in [0.3, 0.4) is 0 Å². The number of piperazine rings is 1. The highest BCUT2D eigenvalue weighted by Crippen LogP contribution is 2.17. The third-order valence-electron chi connectivity index (χ3n) is 4.64. The van der Waals surface area contributed by atoms with E-state index in [-0.39, 0.29) is 12.6 Å². The minimum absolute atomic E-state index is 0.0563. The van der Waals surface area contributed by atoms with Crippen LogP contribution in [0.5, 0.6) is 5.75 Å². The van der Waals surface area contributed by atoms with Gasteiger partial charge in [0.25, 0.3) is 5.91 Å². The molecule has 0 N–H and O–H groups in total. The van der Waals surface area contributed by atoms with Crippen LogP contribution in [0.1, 0.15) is 16.2 Å². The van der Waals surface area contributed by atoms with Gasteiger partial charge < -0.3 is 14.1 Å². The van der Waals surface area contributed by atoms with Gasteiger partial charge in [-0.3, -0.25) is 9.69 Å². The lowest BCUT2D eigenvalue weighted by Gasteiger charge is -2.33. The number of ether oxygens (including phenoxy) is 1. The Bertz CT molecular complexity index is 917. The molecular formula is C20H21ClN4O3. The second-order valence-electron chi connectivity index (χ2n) is 6.62. The van der Waals surface area contributed by atoms with Gasteiger partial charge in [-0.2, -0.15) is 5.10 Å². The Hall–Kier alpha value is -2.77. The van der Waals surface area contributed by atoms with Gasteiger partial charge in [0.15, 0.2) is 12.4 Å². The van der Waals surface area contributed by atoms with Crippen molar-refractivity contribution in [1.29, 1.82) is 0 Å². The lowest BCUT2D eigenvalue weighted by molar-refractivity contribution is 0.0613. The van der Waals surface area contributed by atoms with Gasteiger partial charge in [0.1, 0.15) is 11.5 Å². The monoisotopic (exact) mass is 400 g/mol. The molecule has 28 heavy (non-hydrogen) atoms. The van der Waals surface area contributed by atoms with Crippen LogP contribution >= 0.6 is 11.6 Å². The van der Waals surface area contributed by atoms with Crippen LogP contribution in [0, 0.1) is 0 Å². The van der Waals surface area contributed by atoms with Gasteiger partial charge in [-0.25, -0.2) is 4.68 Å². The normalized spacial score (nSPS) is 15.0. The number of carbonyl (C=O) groups excluding carboxylic acids is 1. The number of benzene rings is 1. The molecule has 1 aliphatic heterocycles. The minimum atomic E-state index is -0.0563. The molecule has 1 amide bonds. The Labute approximate surface area is 168 Å². The molecule has 1 saturated heterocycles. The Balaban J connectivity index is 1.28. The standard InChI is InChI=1S/C20H21ClN4O3/c21-16-3-1-4-17(13-16)28-15-25-7-6-19(22-25)20(26)24-10-8-23(9-11-24)14-18-5-2-12-27-18/h1-7,12-13H,8-11,14-15H2. The maximum absolute atomic E-state index is 12.7. The molecule has 3 heterocycles. The van der Waals surface area contributed by atoms with Crippen LogP contribution in [-0.4, -0.2) is 51.7 Å². The predicted octanol–water partition coefficient (Wildman–Crippen LogP) is 3.12. The molecular weight excluding hydrogens is 380 g/mol. The van der Waals surface area contributed by atoms with Crippen molar-refractivity contribution in [3.05, 3.63) is 71.4 Å². The van der Waals surface area contributed by atoms with E-state index in [1.165, 1.54) is 0 Å². The summed E-state index contributed by atoms with van der Waals surface area (Å²) >= 11 is 5.95. The minimum Gasteiger partial charge on any atom is -0.471 e. The molecule has 3 aromatic rings. The number of carbonyl (C=O) groups is 1. The Morgan fingerprint density at radius 1 is 1.14 bits per heavy atom. The average Bonchev–Trinajstić information content (AvgIpc) is 3.39. The summed E-state index contributed by atoms with van der Waals surface area (Å²) < 4.78 is 12.6. The lowest BCUT2D eigenvalue weighted by Crippen LogP contribution is -2.48. The van der Waals surface area contributed by atoms with Crippen LogP contribution in [-0.2, 0) is 13.3 Å². The number of hydrogen-bond donors (Lipinski definition) is 0. The molecule has 8 heteroatoms. The first kappa shape index (κ1) is 18.6. The zero-order chi connectivity index (χ0) is 19.3. The molecule has 7 nitrogen and oxygen atoms in total. The van der Waals surface area contributed by atoms with Crippen LogP contribution in [0.15, 0.2) is 59.3 Å². The summed E-state index contributed by atoms with van der Waals surface area (Å²) in [5, 5.41) is 4.95. The molecule has 0 radical (unpaired) electrons. The van der Waals surface area contributed by atoms with E-state index in [1.54, 1.807) is 35.3 Å². The lowest BCUT2D eigenvalue weighted by atomic mass is 10.2. The Kier molecular flexibility index (Phi) is 5.64. The molecule has 1 aliphatic rings. The van der Waals surface area contributed by atoms with Crippen molar-refractivity contribution in [2.75, 3.05) is 26.2 Å². The fourth-order valence-corrected chi connectivity index (χ4v) is 3.32. The Morgan fingerprint density at radius 3 is 2.75 bits per heavy atom. The fraction of sp³-hybridized carbons (Fsp3) is 0.300. The summed E-state index contributed by atoms with van der Waals surface area (Å²) in [5.74, 6) is 1.54. The first-order valence-corrected chi connectivity index (χ1v) is 9.51. The van der Waals surface area contributed by atoms with Gasteiger partial charge in [0, 0.05) is 37.4 Å². The van der Waals surface area contributed by atoms with Crippen LogP contribution in [0.2, 0.25) is 5.02 Å². The zero-order valence-electron chi connectivity index (χ0n) is 15.3. The van der Waals surface area contributed by atoms with E-state index in [2.05, 4.69) is 10.00 Å². The second-order valence-corrected chi connectivity index (χ2v) is 7.06. The van der Waals surface area contributed by atoms with Crippen molar-refractivity contribution in [2.24, 2.45) is 0 Å². The van der Waals surface area contributed by atoms with Crippen LogP contribution < -0.4 is 4.74 Å². The van der Waals surface area contributed by atoms with Crippen LogP contribution in [0.25, 0.3) is 0 Å². The number of rotatable bonds is 6. The summed E-state index contributed by atoms with van der Waals surface area (Å²) in [7, 11) is 0. The van der Waals surface area contributed by atoms with Crippen molar-refractivity contribution in [1.82, 2.24) is 19.6 Å². The van der Waals surface area contributed by atoms with Crippen molar-refractivity contribution in [3.8, 4) is 5.75 Å². The molecule has 0 spiro atoms. The largest absolute Gasteiger partial charge is 0.471 e. The van der Waals surface area contributed by atoms with Gasteiger partial charge in [-0.1, -0.05) is 17.7 Å². The molecule has 0 aliphatic carbocycles. The average molecular weight is 401 g/mol. The number of nitrogens with zero attached hydrogens (tertiary/aromatic N) is 4. The quantitative estimate of drug-likeness (QED) is 0.636. The SMILES string of the molecule is O=C(c1ccn(COc2cccc(Cl)c2)n1)N1CCN(Cc2ccco2)CC1. The smallest absolute Gasteiger partial charge is 0.274 e. The predicted molar refractivity (Wildman–Crippen MR) is 104 cm³/mol. The van der Waals surface area contributed by atoms with E-state index in [9.17, 15) is 4.79 Å². The molecule has 0 bridgehead atoms. The summed E-state index contributed by atoms with van der Waals surface area (Å²) in [6.07, 6.45) is 3.42. The number of furan rings is 1. The van der Waals surface area contributed by atoms with Gasteiger partial charge in [-0.15, -0.1) is 0 Å². The highest BCUT2D eigenvalue weighted by atomic mass is 35.5. The number of hydrogen-bond acceptors (Lipinski definition) is 5. The molecule has 1 fully saturated rings. The first-order chi connectivity index (χ1) is 13.7. The first-order valence-electron chi connectivity index (χ1n) is 9.13. The maximum Gasteiger partial charge on any atom is 0.274 e. The highest BCUT2D eigenvalue weighted by Gasteiger charge is 2.24. The number of halogens is 1. The topological polar surface area (TPSA) is 63.7 Å². The molecule has 2 aromatic heterocycles. The molecule has 4 rings (SSSR count). The van der Waals surface area contributed by atoms with Crippen molar-refractivity contribution < 1.29 is 13.9 Å². The molecule has 1 aromatic carbocycles. The number of aromatic nitrogens is 2. The zero-order valence-corrected chi connectivity index (χ0v) is 16.1. The van der Waals surface area contributed by atoms with E-state index in [0.717, 1.165) is 25.4 Å². The van der Waals surface area contributed by atoms with Crippen molar-refractivity contribution in [2.45, 2.75) is 13.3 Å². The molecule has 0 saturated carbocycles. The van der Waals surface area contributed by atoms with E-state index in [0.29, 0.717) is 29.6 Å². The summed E-state index contributed by atoms with van der Waals surface area (Å²) in [5.41, 5.74) is 0.425. The fourth-order valence-electron chi connectivity index (χ4n) is 3.14. The third-order valence-corrected chi connectivity index (χ3v) is 4.87. The van der Waals surface area contributed by atoms with E-state index in [1.807, 2.05) is 29.2 Å². The van der Waals surface area contributed by atoms with E-state index >= 15 is 0 Å². The maximum atomic E-state index is 12.7. The molecule has 0 unspecified atom stereocenters. The van der Waals surface area contributed by atoms with E-state index in [4.69, 9.17) is 20.8 Å². The highest BCUT2D eigenvalue weighted by molar-refractivity contribution is 6.30. The van der Waals surface area contributed by atoms with Gasteiger partial charge in [-0.05, 0) is 36.4 Å². The summed E-state index contributed by atoms with van der Waals surface area (Å²) in [6, 6.07) is 12.7. The summed E-state index contributed by atoms with van der Waals surface area (Å²) in [4.78, 5) is 16.8. The van der Waals surface area contributed by atoms with Gasteiger partial charge in [0.2, 0.25) is 0 Å². The Morgan fingerprint density at radius 2 is 2.00 bits per heavy atom. The van der Waals surface area contributed by atoms with Gasteiger partial charge >= 0.3 is 0 Å². The van der Waals surface area contributed by atoms with Crippen LogP contribution in [0.4, 0.5) is 0 Å².